The van der Waals surface area contributed by atoms with Crippen LogP contribution in [0.2, 0.25) is 0 Å². The van der Waals surface area contributed by atoms with Gasteiger partial charge in [-0.25, -0.2) is 23.7 Å². The molecule has 1 aromatic heterocycles. The summed E-state index contributed by atoms with van der Waals surface area (Å²) in [4.78, 5) is 17.0. The quantitative estimate of drug-likeness (QED) is 0.381. The average Bonchev–Trinajstić information content (AvgIpc) is 2.98. The van der Waals surface area contributed by atoms with E-state index in [1.165, 1.54) is 30.3 Å². The lowest BCUT2D eigenvalue weighted by atomic mass is 10.1. The van der Waals surface area contributed by atoms with Gasteiger partial charge in [-0.05, 0) is 37.3 Å². The van der Waals surface area contributed by atoms with Gasteiger partial charge in [0.1, 0.15) is 35.3 Å². The molecule has 0 radical (unpaired) electrons. The molecule has 1 heterocycles. The van der Waals surface area contributed by atoms with Crippen LogP contribution in [-0.4, -0.2) is 21.9 Å². The van der Waals surface area contributed by atoms with Crippen molar-refractivity contribution in [1.29, 1.82) is 10.5 Å². The molecule has 138 valence electrons. The smallest absolute Gasteiger partial charge is 0.206 e. The Kier molecular flexibility index (Phi) is 4.38. The van der Waals surface area contributed by atoms with Gasteiger partial charge in [0.15, 0.2) is 0 Å². The number of nitrogens with zero attached hydrogens (tertiary/aromatic N) is 6. The van der Waals surface area contributed by atoms with Crippen molar-refractivity contribution in [3.8, 4) is 34.8 Å². The van der Waals surface area contributed by atoms with Gasteiger partial charge in [0.25, 0.3) is 0 Å². The van der Waals surface area contributed by atoms with E-state index in [1.807, 2.05) is 0 Å². The number of aromatic nitrogens is 2. The van der Waals surface area contributed by atoms with Crippen molar-refractivity contribution in [2.24, 2.45) is 9.98 Å². The number of hydrogen-bond acceptors (Lipinski definition) is 6. The number of halogens is 2. The summed E-state index contributed by atoms with van der Waals surface area (Å²) in [5, 5.41) is 17.8. The zero-order valence-electron chi connectivity index (χ0n) is 15.0. The van der Waals surface area contributed by atoms with Gasteiger partial charge in [-0.2, -0.15) is 15.5 Å². The molecule has 0 saturated carbocycles. The van der Waals surface area contributed by atoms with Crippen LogP contribution in [0.4, 0.5) is 14.5 Å². The van der Waals surface area contributed by atoms with E-state index in [0.717, 1.165) is 6.21 Å². The number of aliphatic imine (C=N–C) groups is 2. The van der Waals surface area contributed by atoms with Crippen molar-refractivity contribution in [2.45, 2.75) is 6.92 Å². The number of nitriles is 2. The van der Waals surface area contributed by atoms with Crippen LogP contribution in [0.3, 0.4) is 0 Å². The fourth-order valence-electron chi connectivity index (χ4n) is 3.25. The molecule has 1 aliphatic carbocycles. The number of benzene rings is 2. The van der Waals surface area contributed by atoms with Crippen LogP contribution >= 0.6 is 0 Å². The third kappa shape index (κ3) is 3.03. The summed E-state index contributed by atoms with van der Waals surface area (Å²) in [5.74, 6) is -0.981. The topological polar surface area (TPSA) is 98.1 Å². The molecule has 0 saturated heterocycles. The van der Waals surface area contributed by atoms with Gasteiger partial charge in [0, 0.05) is 22.8 Å². The minimum Gasteiger partial charge on any atom is -0.248 e. The zero-order valence-corrected chi connectivity index (χ0v) is 15.0. The molecular weight excluding hydrogens is 374 g/mol. The first-order valence-corrected chi connectivity index (χ1v) is 8.41. The Hall–Kier alpha value is -4.30. The van der Waals surface area contributed by atoms with Gasteiger partial charge in [0.2, 0.25) is 6.19 Å². The van der Waals surface area contributed by atoms with Gasteiger partial charge in [-0.15, -0.1) is 0 Å². The van der Waals surface area contributed by atoms with Crippen LogP contribution in [-0.2, 0) is 0 Å². The molecule has 0 amide bonds. The summed E-state index contributed by atoms with van der Waals surface area (Å²) in [6.07, 6.45) is 2.72. The van der Waals surface area contributed by atoms with Crippen molar-refractivity contribution in [2.75, 3.05) is 0 Å². The van der Waals surface area contributed by atoms with Gasteiger partial charge < -0.3 is 0 Å². The maximum atomic E-state index is 13.8. The number of fused-ring (bicyclic) bond motifs is 3. The Morgan fingerprint density at radius 2 is 1.62 bits per heavy atom. The molecule has 0 fully saturated rings. The average molecular weight is 384 g/mol. The highest BCUT2D eigenvalue weighted by molar-refractivity contribution is 6.23. The summed E-state index contributed by atoms with van der Waals surface area (Å²) in [6, 6.07) is 9.85. The maximum Gasteiger partial charge on any atom is 0.206 e. The standard InChI is InChI=1S/C21H10F2N6/c1-11-18(15-5-3-13(23)9-17(15)26-7-6-24)29-21-19(27-10-25)16-8-12(22)2-4-14(16)20(21)28-11/h2-5,7-9H,1H3. The van der Waals surface area contributed by atoms with E-state index in [2.05, 4.69) is 20.0 Å². The van der Waals surface area contributed by atoms with Gasteiger partial charge in [-0.1, -0.05) is 0 Å². The molecule has 0 bridgehead atoms. The largest absolute Gasteiger partial charge is 0.248 e. The third-order valence-corrected chi connectivity index (χ3v) is 4.42. The van der Waals surface area contributed by atoms with Crippen LogP contribution in [0.25, 0.3) is 22.5 Å². The Morgan fingerprint density at radius 1 is 0.897 bits per heavy atom. The molecule has 0 unspecified atom stereocenters. The van der Waals surface area contributed by atoms with Gasteiger partial charge in [0.05, 0.1) is 22.8 Å². The Morgan fingerprint density at radius 3 is 2.34 bits per heavy atom. The van der Waals surface area contributed by atoms with Crippen molar-refractivity contribution in [3.63, 3.8) is 0 Å². The lowest BCUT2D eigenvalue weighted by molar-refractivity contribution is 0.627. The summed E-state index contributed by atoms with van der Waals surface area (Å²) >= 11 is 0. The lowest BCUT2D eigenvalue weighted by Crippen LogP contribution is -2.05. The predicted octanol–water partition coefficient (Wildman–Crippen LogP) is 4.25. The van der Waals surface area contributed by atoms with Crippen molar-refractivity contribution < 1.29 is 8.78 Å². The number of hydrogen-bond donors (Lipinski definition) is 0. The summed E-state index contributed by atoms with van der Waals surface area (Å²) in [5.41, 5.74) is 3.68. The molecule has 0 spiro atoms. The van der Waals surface area contributed by atoms with Gasteiger partial charge >= 0.3 is 0 Å². The van der Waals surface area contributed by atoms with E-state index in [1.54, 1.807) is 25.3 Å². The number of rotatable bonds is 2. The van der Waals surface area contributed by atoms with E-state index in [9.17, 15) is 8.78 Å². The second-order valence-electron chi connectivity index (χ2n) is 6.15. The molecule has 29 heavy (non-hydrogen) atoms. The predicted molar refractivity (Wildman–Crippen MR) is 103 cm³/mol. The first kappa shape index (κ1) is 18.1. The summed E-state index contributed by atoms with van der Waals surface area (Å²) < 4.78 is 27.5. The molecule has 0 N–H and O–H groups in total. The van der Waals surface area contributed by atoms with Crippen LogP contribution in [0.5, 0.6) is 0 Å². The highest BCUT2D eigenvalue weighted by Gasteiger charge is 2.30. The minimum atomic E-state index is -0.514. The van der Waals surface area contributed by atoms with E-state index < -0.39 is 11.6 Å². The highest BCUT2D eigenvalue weighted by atomic mass is 19.1. The summed E-state index contributed by atoms with van der Waals surface area (Å²) in [7, 11) is 0. The van der Waals surface area contributed by atoms with Crippen LogP contribution in [0.1, 0.15) is 17.0 Å². The van der Waals surface area contributed by atoms with Crippen LogP contribution in [0.15, 0.2) is 46.4 Å². The Balaban J connectivity index is 1.98. The lowest BCUT2D eigenvalue weighted by Gasteiger charge is -2.10. The zero-order chi connectivity index (χ0) is 20.5. The molecule has 0 atom stereocenters. The Labute approximate surface area is 164 Å². The first-order valence-electron chi connectivity index (χ1n) is 8.41. The van der Waals surface area contributed by atoms with E-state index >= 15 is 0 Å². The van der Waals surface area contributed by atoms with Gasteiger partial charge in [-0.3, -0.25) is 0 Å². The molecule has 2 aromatic carbocycles. The normalized spacial score (nSPS) is 13.2. The van der Waals surface area contributed by atoms with E-state index in [4.69, 9.17) is 10.5 Å². The van der Waals surface area contributed by atoms with Crippen molar-refractivity contribution in [1.82, 2.24) is 9.97 Å². The van der Waals surface area contributed by atoms with E-state index in [0.29, 0.717) is 39.5 Å². The first-order chi connectivity index (χ1) is 14.0. The Bertz CT molecular complexity index is 1310. The molecule has 0 aliphatic heterocycles. The molecule has 3 aromatic rings. The fraction of sp³-hybridized carbons (Fsp3) is 0.0476. The third-order valence-electron chi connectivity index (χ3n) is 4.42. The molecular formula is C21H10F2N6. The second-order valence-corrected chi connectivity index (χ2v) is 6.15. The van der Waals surface area contributed by atoms with Crippen LogP contribution in [0, 0.1) is 41.3 Å². The SMILES string of the molecule is Cc1nc2c(nc1-c1ccc(F)cc1N=CC#N)C(=NC#N)c1cc(F)ccc1-2. The summed E-state index contributed by atoms with van der Waals surface area (Å²) in [6.45, 7) is 1.73. The minimum absolute atomic E-state index is 0.212. The van der Waals surface area contributed by atoms with Crippen molar-refractivity contribution >= 4 is 17.6 Å². The highest BCUT2D eigenvalue weighted by Crippen LogP contribution is 2.39. The monoisotopic (exact) mass is 384 g/mol. The molecule has 1 aliphatic rings. The van der Waals surface area contributed by atoms with Crippen molar-refractivity contribution in [3.05, 3.63) is 65.0 Å². The number of aryl methyl sites for hydroxylation is 1. The molecule has 4 rings (SSSR count). The molecule has 8 heteroatoms. The molecule has 6 nitrogen and oxygen atoms in total. The van der Waals surface area contributed by atoms with E-state index in [-0.39, 0.29) is 11.4 Å². The fourth-order valence-corrected chi connectivity index (χ4v) is 3.25. The second kappa shape index (κ2) is 7.02. The maximum absolute atomic E-state index is 13.8. The van der Waals surface area contributed by atoms with Crippen LogP contribution < -0.4 is 0 Å².